The molecule has 0 spiro atoms. The lowest BCUT2D eigenvalue weighted by Gasteiger charge is -2.18. The van der Waals surface area contributed by atoms with Gasteiger partial charge in [-0.2, -0.15) is 13.2 Å². The fourth-order valence-corrected chi connectivity index (χ4v) is 2.11. The van der Waals surface area contributed by atoms with Crippen molar-refractivity contribution in [3.8, 4) is 0 Å². The zero-order valence-electron chi connectivity index (χ0n) is 10.5. The molecule has 0 heterocycles. The fourth-order valence-electron chi connectivity index (χ4n) is 2.11. The molecule has 1 atom stereocenters. The molecule has 0 bridgehead atoms. The molecular weight excluding hydrogens is 270 g/mol. The first-order valence-corrected chi connectivity index (χ1v) is 6.04. The zero-order valence-corrected chi connectivity index (χ0v) is 10.5. The van der Waals surface area contributed by atoms with E-state index in [9.17, 15) is 17.6 Å². The normalized spacial score (nSPS) is 13.2. The second kappa shape index (κ2) is 5.63. The molecule has 0 radical (unpaired) electrons. The van der Waals surface area contributed by atoms with Crippen LogP contribution >= 0.6 is 0 Å². The van der Waals surface area contributed by atoms with Gasteiger partial charge in [-0.15, -0.1) is 0 Å². The molecule has 2 aromatic rings. The summed E-state index contributed by atoms with van der Waals surface area (Å²) in [5, 5.41) is 0. The molecule has 2 rings (SSSR count). The Morgan fingerprint density at radius 1 is 1.00 bits per heavy atom. The lowest BCUT2D eigenvalue weighted by atomic mass is 9.95. The number of hydrogen-bond acceptors (Lipinski definition) is 1. The number of alkyl halides is 3. The van der Waals surface area contributed by atoms with Crippen LogP contribution in [0.1, 0.15) is 22.7 Å². The van der Waals surface area contributed by atoms with E-state index in [0.29, 0.717) is 5.56 Å². The maximum atomic E-state index is 13.1. The summed E-state index contributed by atoms with van der Waals surface area (Å²) < 4.78 is 51.8. The lowest BCUT2D eigenvalue weighted by Crippen LogP contribution is -2.19. The largest absolute Gasteiger partial charge is 0.416 e. The Hall–Kier alpha value is -1.88. The fraction of sp³-hybridized carbons (Fsp3) is 0.200. The van der Waals surface area contributed by atoms with Gasteiger partial charge in [-0.05, 0) is 35.7 Å². The Kier molecular flexibility index (Phi) is 4.09. The third kappa shape index (κ3) is 3.36. The summed E-state index contributed by atoms with van der Waals surface area (Å²) in [6.45, 7) is 0. The zero-order chi connectivity index (χ0) is 14.8. The Morgan fingerprint density at radius 2 is 1.70 bits per heavy atom. The third-order valence-electron chi connectivity index (χ3n) is 3.01. The molecule has 0 saturated carbocycles. The maximum Gasteiger partial charge on any atom is 0.416 e. The molecular formula is C15H13F4N. The minimum absolute atomic E-state index is 0.0178. The van der Waals surface area contributed by atoms with E-state index in [1.54, 1.807) is 6.07 Å². The topological polar surface area (TPSA) is 26.0 Å². The number of benzene rings is 2. The van der Waals surface area contributed by atoms with Crippen LogP contribution in [0.25, 0.3) is 0 Å². The van der Waals surface area contributed by atoms with Gasteiger partial charge < -0.3 is 5.73 Å². The van der Waals surface area contributed by atoms with Gasteiger partial charge >= 0.3 is 6.18 Å². The van der Waals surface area contributed by atoms with Gasteiger partial charge in [0.1, 0.15) is 5.82 Å². The third-order valence-corrected chi connectivity index (χ3v) is 3.01. The first-order chi connectivity index (χ1) is 9.38. The summed E-state index contributed by atoms with van der Waals surface area (Å²) in [5.74, 6) is -0.432. The predicted octanol–water partition coefficient (Wildman–Crippen LogP) is 4.09. The monoisotopic (exact) mass is 283 g/mol. The van der Waals surface area contributed by atoms with E-state index in [1.807, 2.05) is 0 Å². The van der Waals surface area contributed by atoms with Crippen LogP contribution in [0.15, 0.2) is 48.5 Å². The number of halogens is 4. The van der Waals surface area contributed by atoms with Gasteiger partial charge in [0.05, 0.1) is 5.56 Å². The summed E-state index contributed by atoms with van der Waals surface area (Å²) in [6.07, 6.45) is -4.30. The average Bonchev–Trinajstić information content (AvgIpc) is 2.37. The van der Waals surface area contributed by atoms with E-state index in [-0.39, 0.29) is 12.0 Å². The van der Waals surface area contributed by atoms with Gasteiger partial charge in [0, 0.05) is 6.04 Å². The number of rotatable bonds is 3. The van der Waals surface area contributed by atoms with Crippen molar-refractivity contribution < 1.29 is 17.6 Å². The predicted molar refractivity (Wildman–Crippen MR) is 68.5 cm³/mol. The van der Waals surface area contributed by atoms with Gasteiger partial charge in [-0.3, -0.25) is 0 Å². The van der Waals surface area contributed by atoms with Crippen LogP contribution in [0, 0.1) is 5.82 Å². The standard InChI is InChI=1S/C15H13F4N/c16-11-5-3-4-10(8-11)9-14(20)12-6-1-2-7-13(12)15(17,18)19/h1-8,14H,9,20H2. The van der Waals surface area contributed by atoms with E-state index >= 15 is 0 Å². The maximum absolute atomic E-state index is 13.1. The van der Waals surface area contributed by atoms with Crippen LogP contribution < -0.4 is 5.73 Å². The van der Waals surface area contributed by atoms with Crippen molar-refractivity contribution >= 4 is 0 Å². The molecule has 2 N–H and O–H groups in total. The van der Waals surface area contributed by atoms with Crippen molar-refractivity contribution in [2.24, 2.45) is 5.73 Å². The van der Waals surface area contributed by atoms with E-state index in [1.165, 1.54) is 36.4 Å². The van der Waals surface area contributed by atoms with Crippen LogP contribution in [-0.4, -0.2) is 0 Å². The Morgan fingerprint density at radius 3 is 2.35 bits per heavy atom. The highest BCUT2D eigenvalue weighted by molar-refractivity contribution is 5.33. The van der Waals surface area contributed by atoms with Gasteiger partial charge in [0.15, 0.2) is 0 Å². The first-order valence-electron chi connectivity index (χ1n) is 6.04. The molecule has 0 aliphatic heterocycles. The molecule has 1 nitrogen and oxygen atoms in total. The van der Waals surface area contributed by atoms with Gasteiger partial charge in [0.25, 0.3) is 0 Å². The molecule has 0 aliphatic carbocycles. The van der Waals surface area contributed by atoms with Crippen LogP contribution in [0.2, 0.25) is 0 Å². The molecule has 0 aromatic heterocycles. The minimum atomic E-state index is -4.45. The van der Waals surface area contributed by atoms with Crippen LogP contribution in [-0.2, 0) is 12.6 Å². The highest BCUT2D eigenvalue weighted by atomic mass is 19.4. The molecule has 2 aromatic carbocycles. The summed E-state index contributed by atoms with van der Waals surface area (Å²) in [7, 11) is 0. The van der Waals surface area contributed by atoms with Crippen molar-refractivity contribution in [3.05, 3.63) is 71.0 Å². The minimum Gasteiger partial charge on any atom is -0.324 e. The first kappa shape index (κ1) is 14.5. The molecule has 5 heteroatoms. The molecule has 1 unspecified atom stereocenters. The molecule has 0 amide bonds. The Labute approximate surface area is 114 Å². The second-order valence-corrected chi connectivity index (χ2v) is 4.53. The lowest BCUT2D eigenvalue weighted by molar-refractivity contribution is -0.138. The summed E-state index contributed by atoms with van der Waals surface area (Å²) in [4.78, 5) is 0. The molecule has 0 aliphatic rings. The van der Waals surface area contributed by atoms with E-state index in [0.717, 1.165) is 6.07 Å². The average molecular weight is 283 g/mol. The van der Waals surface area contributed by atoms with Gasteiger partial charge in [-0.25, -0.2) is 4.39 Å². The van der Waals surface area contributed by atoms with Crippen molar-refractivity contribution in [2.45, 2.75) is 18.6 Å². The Balaban J connectivity index is 2.28. The van der Waals surface area contributed by atoms with Crippen molar-refractivity contribution in [1.29, 1.82) is 0 Å². The quantitative estimate of drug-likeness (QED) is 0.844. The van der Waals surface area contributed by atoms with Gasteiger partial charge in [-0.1, -0.05) is 30.3 Å². The highest BCUT2D eigenvalue weighted by Crippen LogP contribution is 2.34. The highest BCUT2D eigenvalue weighted by Gasteiger charge is 2.34. The molecule has 0 fully saturated rings. The van der Waals surface area contributed by atoms with E-state index in [2.05, 4.69) is 0 Å². The number of hydrogen-bond donors (Lipinski definition) is 1. The molecule has 0 saturated heterocycles. The van der Waals surface area contributed by atoms with Crippen LogP contribution in [0.4, 0.5) is 17.6 Å². The smallest absolute Gasteiger partial charge is 0.324 e. The van der Waals surface area contributed by atoms with E-state index in [4.69, 9.17) is 5.73 Å². The molecule has 106 valence electrons. The second-order valence-electron chi connectivity index (χ2n) is 4.53. The van der Waals surface area contributed by atoms with Crippen molar-refractivity contribution in [2.75, 3.05) is 0 Å². The summed E-state index contributed by atoms with van der Waals surface area (Å²) in [5.41, 5.74) is 5.69. The van der Waals surface area contributed by atoms with E-state index < -0.39 is 23.6 Å². The Bertz CT molecular complexity index is 592. The van der Waals surface area contributed by atoms with Crippen LogP contribution in [0.5, 0.6) is 0 Å². The summed E-state index contributed by atoms with van der Waals surface area (Å²) in [6, 6.07) is 10.0. The number of nitrogens with two attached hydrogens (primary N) is 1. The SMILES string of the molecule is NC(Cc1cccc(F)c1)c1ccccc1C(F)(F)F. The summed E-state index contributed by atoms with van der Waals surface area (Å²) >= 11 is 0. The van der Waals surface area contributed by atoms with Crippen molar-refractivity contribution in [1.82, 2.24) is 0 Å². The van der Waals surface area contributed by atoms with Crippen molar-refractivity contribution in [3.63, 3.8) is 0 Å². The van der Waals surface area contributed by atoms with Crippen LogP contribution in [0.3, 0.4) is 0 Å². The van der Waals surface area contributed by atoms with Gasteiger partial charge in [0.2, 0.25) is 0 Å². The molecule has 20 heavy (non-hydrogen) atoms.